The molecule has 21 heavy (non-hydrogen) atoms. The first kappa shape index (κ1) is 17.4. The first-order valence-corrected chi connectivity index (χ1v) is 6.71. The van der Waals surface area contributed by atoms with Crippen LogP contribution in [0.3, 0.4) is 0 Å². The monoisotopic (exact) mass is 298 g/mol. The lowest BCUT2D eigenvalue weighted by Gasteiger charge is -2.27. The standard InChI is InChI=1S/C15H22O6/c1-14(20,9-16)6-3-7-15(2,21)11-5-4-10(13(18)19)8-12(11)17/h4-5,8,16-17,20-21H,3,6-7,9H2,1-2H3,(H,18,19)/t14-,15-/m1/s1. The van der Waals surface area contributed by atoms with Gasteiger partial charge in [0.25, 0.3) is 0 Å². The minimum Gasteiger partial charge on any atom is -0.508 e. The Kier molecular flexibility index (Phi) is 5.33. The number of aromatic carboxylic acids is 1. The second-order valence-electron chi connectivity index (χ2n) is 5.82. The van der Waals surface area contributed by atoms with Crippen molar-refractivity contribution in [2.24, 2.45) is 0 Å². The van der Waals surface area contributed by atoms with Crippen molar-refractivity contribution in [2.75, 3.05) is 6.61 Å². The van der Waals surface area contributed by atoms with E-state index in [4.69, 9.17) is 10.2 Å². The predicted molar refractivity (Wildman–Crippen MR) is 76.2 cm³/mol. The fourth-order valence-electron chi connectivity index (χ4n) is 2.15. The number of aromatic hydroxyl groups is 1. The molecule has 0 aliphatic heterocycles. The highest BCUT2D eigenvalue weighted by Crippen LogP contribution is 2.34. The van der Waals surface area contributed by atoms with Crippen molar-refractivity contribution in [3.05, 3.63) is 29.3 Å². The van der Waals surface area contributed by atoms with E-state index in [2.05, 4.69) is 0 Å². The van der Waals surface area contributed by atoms with Gasteiger partial charge < -0.3 is 25.5 Å². The second-order valence-corrected chi connectivity index (χ2v) is 5.82. The fraction of sp³-hybridized carbons (Fsp3) is 0.533. The molecule has 0 saturated carbocycles. The summed E-state index contributed by atoms with van der Waals surface area (Å²) >= 11 is 0. The smallest absolute Gasteiger partial charge is 0.335 e. The van der Waals surface area contributed by atoms with Gasteiger partial charge in [-0.15, -0.1) is 0 Å². The molecule has 0 aliphatic carbocycles. The van der Waals surface area contributed by atoms with E-state index in [1.807, 2.05) is 0 Å². The third-order valence-electron chi connectivity index (χ3n) is 3.54. The molecular weight excluding hydrogens is 276 g/mol. The van der Waals surface area contributed by atoms with Gasteiger partial charge >= 0.3 is 5.97 Å². The Morgan fingerprint density at radius 1 is 1.19 bits per heavy atom. The second kappa shape index (κ2) is 6.43. The third kappa shape index (κ3) is 4.70. The number of phenolic OH excluding ortho intramolecular Hbond substituents is 1. The van der Waals surface area contributed by atoms with Crippen LogP contribution in [-0.4, -0.2) is 43.7 Å². The van der Waals surface area contributed by atoms with Crippen molar-refractivity contribution in [3.63, 3.8) is 0 Å². The molecule has 0 amide bonds. The highest BCUT2D eigenvalue weighted by atomic mass is 16.4. The highest BCUT2D eigenvalue weighted by molar-refractivity contribution is 5.88. The van der Waals surface area contributed by atoms with Crippen LogP contribution in [0.15, 0.2) is 18.2 Å². The van der Waals surface area contributed by atoms with Crippen LogP contribution in [0, 0.1) is 0 Å². The van der Waals surface area contributed by atoms with E-state index in [0.717, 1.165) is 6.07 Å². The number of aliphatic hydroxyl groups is 3. The quantitative estimate of drug-likeness (QED) is 0.516. The molecule has 5 N–H and O–H groups in total. The van der Waals surface area contributed by atoms with Gasteiger partial charge in [0.2, 0.25) is 0 Å². The van der Waals surface area contributed by atoms with Crippen LogP contribution in [0.25, 0.3) is 0 Å². The predicted octanol–water partition coefficient (Wildman–Crippen LogP) is 1.21. The number of aliphatic hydroxyl groups excluding tert-OH is 1. The van der Waals surface area contributed by atoms with Gasteiger partial charge in [0.15, 0.2) is 0 Å². The molecule has 2 atom stereocenters. The Balaban J connectivity index is 2.81. The molecule has 6 heteroatoms. The summed E-state index contributed by atoms with van der Waals surface area (Å²) in [4.78, 5) is 10.8. The summed E-state index contributed by atoms with van der Waals surface area (Å²) in [6, 6.07) is 3.79. The van der Waals surface area contributed by atoms with Gasteiger partial charge in [0.05, 0.1) is 23.4 Å². The fourth-order valence-corrected chi connectivity index (χ4v) is 2.15. The van der Waals surface area contributed by atoms with E-state index >= 15 is 0 Å². The summed E-state index contributed by atoms with van der Waals surface area (Å²) in [5.74, 6) is -1.44. The zero-order chi connectivity index (χ0) is 16.3. The number of carbonyl (C=O) groups is 1. The average Bonchev–Trinajstić information content (AvgIpc) is 2.37. The summed E-state index contributed by atoms with van der Waals surface area (Å²) in [6.07, 6.45) is 0.984. The molecule has 1 aromatic carbocycles. The Labute approximate surface area is 123 Å². The van der Waals surface area contributed by atoms with Gasteiger partial charge in [0, 0.05) is 5.56 Å². The van der Waals surface area contributed by atoms with E-state index in [9.17, 15) is 20.1 Å². The maximum atomic E-state index is 10.8. The molecule has 0 aliphatic rings. The summed E-state index contributed by atoms with van der Waals surface area (Å²) in [5.41, 5.74) is -2.38. The van der Waals surface area contributed by atoms with Gasteiger partial charge in [-0.2, -0.15) is 0 Å². The summed E-state index contributed by atoms with van der Waals surface area (Å²) in [7, 11) is 0. The Morgan fingerprint density at radius 3 is 2.29 bits per heavy atom. The van der Waals surface area contributed by atoms with Gasteiger partial charge in [-0.25, -0.2) is 4.79 Å². The van der Waals surface area contributed by atoms with Gasteiger partial charge in [-0.1, -0.05) is 6.07 Å². The highest BCUT2D eigenvalue weighted by Gasteiger charge is 2.28. The number of rotatable bonds is 7. The molecule has 0 fully saturated rings. The minimum absolute atomic E-state index is 0.0599. The molecule has 1 rings (SSSR count). The number of carboxylic acids is 1. The molecule has 6 nitrogen and oxygen atoms in total. The van der Waals surface area contributed by atoms with Crippen LogP contribution in [0.1, 0.15) is 49.0 Å². The Bertz CT molecular complexity index is 507. The number of phenols is 1. The van der Waals surface area contributed by atoms with Crippen molar-refractivity contribution in [1.29, 1.82) is 0 Å². The summed E-state index contributed by atoms with van der Waals surface area (Å²) < 4.78 is 0. The maximum absolute atomic E-state index is 10.8. The van der Waals surface area contributed by atoms with Crippen LogP contribution < -0.4 is 0 Å². The van der Waals surface area contributed by atoms with Crippen LogP contribution in [0.2, 0.25) is 0 Å². The first-order valence-electron chi connectivity index (χ1n) is 6.71. The molecule has 1 aromatic rings. The molecule has 0 aromatic heterocycles. The lowest BCUT2D eigenvalue weighted by molar-refractivity contribution is -0.0164. The zero-order valence-electron chi connectivity index (χ0n) is 12.2. The molecule has 0 radical (unpaired) electrons. The van der Waals surface area contributed by atoms with Gasteiger partial charge in [-0.3, -0.25) is 0 Å². The lowest BCUT2D eigenvalue weighted by Crippen LogP contribution is -2.30. The third-order valence-corrected chi connectivity index (χ3v) is 3.54. The Morgan fingerprint density at radius 2 is 1.81 bits per heavy atom. The molecular formula is C15H22O6. The van der Waals surface area contributed by atoms with Crippen LogP contribution in [0.4, 0.5) is 0 Å². The van der Waals surface area contributed by atoms with E-state index in [0.29, 0.717) is 12.8 Å². The van der Waals surface area contributed by atoms with Gasteiger partial charge in [0.1, 0.15) is 5.75 Å². The molecule has 0 spiro atoms. The number of hydrogen-bond donors (Lipinski definition) is 5. The topological polar surface area (TPSA) is 118 Å². The Hall–Kier alpha value is -1.63. The first-order chi connectivity index (χ1) is 9.59. The van der Waals surface area contributed by atoms with Crippen LogP contribution in [0.5, 0.6) is 5.75 Å². The van der Waals surface area contributed by atoms with Crippen molar-refractivity contribution in [2.45, 2.75) is 44.3 Å². The molecule has 0 bridgehead atoms. The van der Waals surface area contributed by atoms with Crippen molar-refractivity contribution in [1.82, 2.24) is 0 Å². The largest absolute Gasteiger partial charge is 0.508 e. The van der Waals surface area contributed by atoms with Crippen molar-refractivity contribution < 1.29 is 30.3 Å². The molecule has 0 saturated heterocycles. The van der Waals surface area contributed by atoms with Gasteiger partial charge in [-0.05, 0) is 45.2 Å². The number of benzene rings is 1. The van der Waals surface area contributed by atoms with Crippen molar-refractivity contribution >= 4 is 5.97 Å². The molecule has 0 heterocycles. The van der Waals surface area contributed by atoms with Crippen LogP contribution >= 0.6 is 0 Å². The minimum atomic E-state index is -1.35. The van der Waals surface area contributed by atoms with Crippen LogP contribution in [-0.2, 0) is 5.60 Å². The van der Waals surface area contributed by atoms with E-state index < -0.39 is 17.2 Å². The van der Waals surface area contributed by atoms with E-state index in [1.54, 1.807) is 0 Å². The lowest BCUT2D eigenvalue weighted by atomic mass is 9.87. The summed E-state index contributed by atoms with van der Waals surface area (Å²) in [5, 5.41) is 47.8. The number of hydrogen-bond acceptors (Lipinski definition) is 5. The average molecular weight is 298 g/mol. The normalized spacial score (nSPS) is 17.0. The molecule has 118 valence electrons. The number of carboxylic acid groups (broad SMARTS) is 1. The van der Waals surface area contributed by atoms with E-state index in [1.165, 1.54) is 26.0 Å². The maximum Gasteiger partial charge on any atom is 0.335 e. The SMILES string of the molecule is C[C@](O)(CO)CCC[C@@](C)(O)c1ccc(C(=O)O)cc1O. The summed E-state index contributed by atoms with van der Waals surface area (Å²) in [6.45, 7) is 2.64. The molecule has 0 unspecified atom stereocenters. The van der Waals surface area contributed by atoms with Crippen molar-refractivity contribution in [3.8, 4) is 5.75 Å². The van der Waals surface area contributed by atoms with E-state index in [-0.39, 0.29) is 29.9 Å². The zero-order valence-corrected chi connectivity index (χ0v) is 12.2.